The van der Waals surface area contributed by atoms with Crippen LogP contribution >= 0.6 is 11.6 Å². The first-order chi connectivity index (χ1) is 15.0. The molecule has 2 aromatic carbocycles. The summed E-state index contributed by atoms with van der Waals surface area (Å²) >= 11 is 5.91. The van der Waals surface area contributed by atoms with Gasteiger partial charge in [0.1, 0.15) is 6.54 Å². The van der Waals surface area contributed by atoms with Crippen molar-refractivity contribution >= 4 is 17.5 Å². The molecule has 0 fully saturated rings. The van der Waals surface area contributed by atoms with Gasteiger partial charge in [0.25, 0.3) is 11.4 Å². The van der Waals surface area contributed by atoms with E-state index in [0.29, 0.717) is 23.0 Å². The average molecular weight is 435 g/mol. The number of halogens is 1. The summed E-state index contributed by atoms with van der Waals surface area (Å²) in [5.74, 6) is 0.381. The lowest BCUT2D eigenvalue weighted by Crippen LogP contribution is -2.31. The topological polar surface area (TPSA) is 90.0 Å². The molecule has 4 rings (SSSR count). The summed E-state index contributed by atoms with van der Waals surface area (Å²) in [6, 6.07) is 17.9. The van der Waals surface area contributed by atoms with Crippen molar-refractivity contribution in [1.29, 1.82) is 0 Å². The summed E-state index contributed by atoms with van der Waals surface area (Å²) in [6.45, 7) is 2.28. The van der Waals surface area contributed by atoms with Gasteiger partial charge in [-0.1, -0.05) is 46.6 Å². The Morgan fingerprint density at radius 3 is 2.48 bits per heavy atom. The number of nitrogens with one attached hydrogen (secondary N) is 1. The predicted octanol–water partition coefficient (Wildman–Crippen LogP) is 3.84. The highest BCUT2D eigenvalue weighted by Gasteiger charge is 2.13. The van der Waals surface area contributed by atoms with Gasteiger partial charge in [0.2, 0.25) is 11.7 Å². The fourth-order valence-corrected chi connectivity index (χ4v) is 3.08. The zero-order valence-electron chi connectivity index (χ0n) is 16.7. The molecule has 0 bridgehead atoms. The van der Waals surface area contributed by atoms with Crippen LogP contribution in [0.25, 0.3) is 22.8 Å². The minimum Gasteiger partial charge on any atom is -0.350 e. The zero-order chi connectivity index (χ0) is 21.8. The van der Waals surface area contributed by atoms with Crippen LogP contribution in [0.15, 0.2) is 76.2 Å². The van der Waals surface area contributed by atoms with E-state index in [-0.39, 0.29) is 23.9 Å². The molecule has 2 aromatic heterocycles. The molecule has 0 aliphatic rings. The average Bonchev–Trinajstić information content (AvgIpc) is 3.26. The summed E-state index contributed by atoms with van der Waals surface area (Å²) in [6.07, 6.45) is 1.53. The zero-order valence-corrected chi connectivity index (χ0v) is 17.5. The Balaban J connectivity index is 1.47. The van der Waals surface area contributed by atoms with Crippen LogP contribution in [0.2, 0.25) is 5.02 Å². The Kier molecular flexibility index (Phi) is 5.95. The smallest absolute Gasteiger partial charge is 0.259 e. The largest absolute Gasteiger partial charge is 0.350 e. The number of pyridine rings is 1. The number of nitrogens with zero attached hydrogens (tertiary/aromatic N) is 3. The number of benzene rings is 2. The van der Waals surface area contributed by atoms with E-state index in [9.17, 15) is 9.59 Å². The highest BCUT2D eigenvalue weighted by molar-refractivity contribution is 6.30. The molecule has 1 N–H and O–H groups in total. The summed E-state index contributed by atoms with van der Waals surface area (Å²) < 4.78 is 6.65. The maximum Gasteiger partial charge on any atom is 0.259 e. The number of aromatic nitrogens is 3. The lowest BCUT2D eigenvalue weighted by molar-refractivity contribution is -0.121. The van der Waals surface area contributed by atoms with Crippen molar-refractivity contribution in [3.63, 3.8) is 0 Å². The van der Waals surface area contributed by atoms with Crippen LogP contribution in [0.1, 0.15) is 11.1 Å². The number of amides is 1. The van der Waals surface area contributed by atoms with Crippen molar-refractivity contribution in [2.45, 2.75) is 20.0 Å². The van der Waals surface area contributed by atoms with Crippen LogP contribution in [-0.2, 0) is 17.9 Å². The van der Waals surface area contributed by atoms with Gasteiger partial charge in [0.15, 0.2) is 0 Å². The van der Waals surface area contributed by atoms with Crippen molar-refractivity contribution in [2.24, 2.45) is 0 Å². The highest BCUT2D eigenvalue weighted by atomic mass is 35.5. The van der Waals surface area contributed by atoms with Crippen LogP contribution < -0.4 is 10.9 Å². The molecule has 0 aliphatic heterocycles. The van der Waals surface area contributed by atoms with E-state index in [1.165, 1.54) is 16.8 Å². The van der Waals surface area contributed by atoms with Gasteiger partial charge in [0.05, 0.1) is 5.56 Å². The standard InChI is InChI=1S/C23H19ClN4O3/c1-15-2-4-16(5-3-15)12-25-20(29)14-28-13-18(8-11-21(28)30)23-26-22(27-31-23)17-6-9-19(24)10-7-17/h2-11,13H,12,14H2,1H3,(H,25,29). The number of carbonyl (C=O) groups excluding carboxylic acids is 1. The van der Waals surface area contributed by atoms with Crippen molar-refractivity contribution in [3.05, 3.63) is 93.4 Å². The predicted molar refractivity (Wildman–Crippen MR) is 117 cm³/mol. The fourth-order valence-electron chi connectivity index (χ4n) is 2.96. The van der Waals surface area contributed by atoms with E-state index in [1.807, 2.05) is 31.2 Å². The van der Waals surface area contributed by atoms with Crippen LogP contribution in [0.5, 0.6) is 0 Å². The van der Waals surface area contributed by atoms with Crippen molar-refractivity contribution in [2.75, 3.05) is 0 Å². The second-order valence-corrected chi connectivity index (χ2v) is 7.51. The summed E-state index contributed by atoms with van der Waals surface area (Å²) in [5, 5.41) is 7.41. The van der Waals surface area contributed by atoms with Gasteiger partial charge in [-0.25, -0.2) is 0 Å². The van der Waals surface area contributed by atoms with Gasteiger partial charge in [-0.05, 0) is 42.8 Å². The van der Waals surface area contributed by atoms with Crippen molar-refractivity contribution in [1.82, 2.24) is 20.0 Å². The van der Waals surface area contributed by atoms with Gasteiger partial charge in [-0.3, -0.25) is 9.59 Å². The fraction of sp³-hybridized carbons (Fsp3) is 0.130. The molecular weight excluding hydrogens is 416 g/mol. The second-order valence-electron chi connectivity index (χ2n) is 7.08. The molecule has 1 amide bonds. The molecule has 0 radical (unpaired) electrons. The second kappa shape index (κ2) is 8.97. The molecule has 0 atom stereocenters. The van der Waals surface area contributed by atoms with Gasteiger partial charge in [-0.2, -0.15) is 4.98 Å². The van der Waals surface area contributed by atoms with Crippen LogP contribution in [0.4, 0.5) is 0 Å². The lowest BCUT2D eigenvalue weighted by atomic mass is 10.1. The van der Waals surface area contributed by atoms with Crippen LogP contribution in [0, 0.1) is 6.92 Å². The molecule has 0 unspecified atom stereocenters. The molecular formula is C23H19ClN4O3. The van der Waals surface area contributed by atoms with Gasteiger partial charge in [-0.15, -0.1) is 0 Å². The van der Waals surface area contributed by atoms with Gasteiger partial charge in [0, 0.05) is 29.4 Å². The summed E-state index contributed by atoms with van der Waals surface area (Å²) in [4.78, 5) is 28.9. The number of hydrogen-bond donors (Lipinski definition) is 1. The molecule has 156 valence electrons. The third-order valence-corrected chi connectivity index (χ3v) is 4.94. The Morgan fingerprint density at radius 2 is 1.74 bits per heavy atom. The minimum atomic E-state index is -0.299. The van der Waals surface area contributed by atoms with E-state index in [0.717, 1.165) is 16.7 Å². The van der Waals surface area contributed by atoms with E-state index in [4.69, 9.17) is 16.1 Å². The van der Waals surface area contributed by atoms with E-state index in [1.54, 1.807) is 30.3 Å². The van der Waals surface area contributed by atoms with Gasteiger partial charge < -0.3 is 14.4 Å². The number of rotatable bonds is 6. The molecule has 4 aromatic rings. The summed E-state index contributed by atoms with van der Waals surface area (Å²) in [5.41, 5.74) is 3.13. The first-order valence-corrected chi connectivity index (χ1v) is 9.98. The molecule has 2 heterocycles. The first kappa shape index (κ1) is 20.6. The van der Waals surface area contributed by atoms with Crippen molar-refractivity contribution < 1.29 is 9.32 Å². The molecule has 31 heavy (non-hydrogen) atoms. The third-order valence-electron chi connectivity index (χ3n) is 4.68. The molecule has 8 heteroatoms. The third kappa shape index (κ3) is 5.07. The van der Waals surface area contributed by atoms with E-state index < -0.39 is 0 Å². The molecule has 7 nitrogen and oxygen atoms in total. The Labute approximate surface area is 183 Å². The Hall–Kier alpha value is -3.71. The van der Waals surface area contributed by atoms with Crippen molar-refractivity contribution in [3.8, 4) is 22.8 Å². The molecule has 0 aliphatic carbocycles. The molecule has 0 saturated heterocycles. The Bertz CT molecular complexity index is 1260. The Morgan fingerprint density at radius 1 is 1.03 bits per heavy atom. The molecule has 0 spiro atoms. The van der Waals surface area contributed by atoms with Crippen LogP contribution in [0.3, 0.4) is 0 Å². The van der Waals surface area contributed by atoms with E-state index >= 15 is 0 Å². The number of carbonyl (C=O) groups is 1. The molecule has 0 saturated carbocycles. The monoisotopic (exact) mass is 434 g/mol. The maximum atomic E-state index is 12.3. The number of aryl methyl sites for hydroxylation is 1. The number of hydrogen-bond acceptors (Lipinski definition) is 5. The van der Waals surface area contributed by atoms with E-state index in [2.05, 4.69) is 15.5 Å². The minimum absolute atomic E-state index is 0.114. The van der Waals surface area contributed by atoms with Gasteiger partial charge >= 0.3 is 0 Å². The normalized spacial score (nSPS) is 10.8. The quantitative estimate of drug-likeness (QED) is 0.498. The maximum absolute atomic E-state index is 12.3. The lowest BCUT2D eigenvalue weighted by Gasteiger charge is -2.08. The van der Waals surface area contributed by atoms with Crippen LogP contribution in [-0.4, -0.2) is 20.6 Å². The summed E-state index contributed by atoms with van der Waals surface area (Å²) in [7, 11) is 0. The SMILES string of the molecule is Cc1ccc(CNC(=O)Cn2cc(-c3nc(-c4ccc(Cl)cc4)no3)ccc2=O)cc1. The first-order valence-electron chi connectivity index (χ1n) is 9.61. The highest BCUT2D eigenvalue weighted by Crippen LogP contribution is 2.22.